The molecule has 2 heterocycles. The number of benzene rings is 1. The fraction of sp³-hybridized carbons (Fsp3) is 0.476. The molecule has 1 aromatic carbocycles. The number of amides is 1. The van der Waals surface area contributed by atoms with Crippen LogP contribution in [0.25, 0.3) is 0 Å². The van der Waals surface area contributed by atoms with Gasteiger partial charge in [0.15, 0.2) is 0 Å². The van der Waals surface area contributed by atoms with E-state index >= 15 is 0 Å². The molecule has 140 valence electrons. The molecular formula is C21H27NO3S. The molecule has 2 aromatic rings. The summed E-state index contributed by atoms with van der Waals surface area (Å²) in [7, 11) is 0. The third-order valence-corrected chi connectivity index (χ3v) is 5.35. The number of hydrogen-bond donors (Lipinski definition) is 0. The van der Waals surface area contributed by atoms with Crippen LogP contribution in [0.2, 0.25) is 0 Å². The lowest BCUT2D eigenvalue weighted by atomic mass is 10.1. The smallest absolute Gasteiger partial charge is 0.222 e. The predicted molar refractivity (Wildman–Crippen MR) is 105 cm³/mol. The maximum Gasteiger partial charge on any atom is 0.222 e. The monoisotopic (exact) mass is 373 g/mol. The first-order chi connectivity index (χ1) is 12.7. The van der Waals surface area contributed by atoms with Gasteiger partial charge in [-0.15, -0.1) is 0 Å². The standard InChI is InChI=1S/C21H27NO3S/c1-2-21(23)22(15-20-7-4-10-24-20)14-18-5-3-6-19(13-18)25-11-8-17-9-12-26-16-17/h3,5-6,9,12-13,16,20H,2,4,7-8,10-11,14-15H2,1H3. The molecule has 1 saturated heterocycles. The van der Waals surface area contributed by atoms with Crippen LogP contribution in [-0.4, -0.2) is 36.7 Å². The van der Waals surface area contributed by atoms with E-state index in [9.17, 15) is 4.79 Å². The predicted octanol–water partition coefficient (Wildman–Crippen LogP) is 4.29. The van der Waals surface area contributed by atoms with Crippen molar-refractivity contribution < 1.29 is 14.3 Å². The molecule has 5 heteroatoms. The zero-order valence-electron chi connectivity index (χ0n) is 15.4. The largest absolute Gasteiger partial charge is 0.493 e. The van der Waals surface area contributed by atoms with Crippen molar-refractivity contribution >= 4 is 17.2 Å². The van der Waals surface area contributed by atoms with Crippen molar-refractivity contribution in [2.75, 3.05) is 19.8 Å². The Kier molecular flexibility index (Phi) is 7.09. The van der Waals surface area contributed by atoms with Crippen molar-refractivity contribution in [3.63, 3.8) is 0 Å². The minimum absolute atomic E-state index is 0.171. The summed E-state index contributed by atoms with van der Waals surface area (Å²) < 4.78 is 11.6. The van der Waals surface area contributed by atoms with Crippen LogP contribution in [0, 0.1) is 0 Å². The molecule has 0 aliphatic carbocycles. The molecule has 1 aliphatic rings. The molecule has 0 N–H and O–H groups in total. The normalized spacial score (nSPS) is 16.6. The van der Waals surface area contributed by atoms with Crippen LogP contribution in [0.5, 0.6) is 5.75 Å². The Morgan fingerprint density at radius 1 is 1.35 bits per heavy atom. The molecule has 1 aliphatic heterocycles. The van der Waals surface area contributed by atoms with Gasteiger partial charge in [-0.3, -0.25) is 4.79 Å². The lowest BCUT2D eigenvalue weighted by molar-refractivity contribution is -0.133. The van der Waals surface area contributed by atoms with Crippen LogP contribution in [-0.2, 0) is 22.5 Å². The van der Waals surface area contributed by atoms with Crippen LogP contribution in [0.4, 0.5) is 0 Å². The molecule has 1 amide bonds. The lowest BCUT2D eigenvalue weighted by Crippen LogP contribution is -2.36. The molecule has 0 bridgehead atoms. The minimum Gasteiger partial charge on any atom is -0.493 e. The maximum atomic E-state index is 12.3. The Labute approximate surface area is 159 Å². The second-order valence-electron chi connectivity index (χ2n) is 6.64. The van der Waals surface area contributed by atoms with Gasteiger partial charge < -0.3 is 14.4 Å². The summed E-state index contributed by atoms with van der Waals surface area (Å²) in [6, 6.07) is 10.2. The van der Waals surface area contributed by atoms with E-state index in [0.29, 0.717) is 26.1 Å². The molecule has 1 atom stereocenters. The molecule has 1 unspecified atom stereocenters. The van der Waals surface area contributed by atoms with Crippen LogP contribution in [0.1, 0.15) is 37.3 Å². The molecule has 0 saturated carbocycles. The summed E-state index contributed by atoms with van der Waals surface area (Å²) in [6.45, 7) is 4.67. The van der Waals surface area contributed by atoms with Gasteiger partial charge in [0, 0.05) is 32.5 Å². The van der Waals surface area contributed by atoms with Crippen molar-refractivity contribution in [1.29, 1.82) is 0 Å². The topological polar surface area (TPSA) is 38.8 Å². The molecule has 1 fully saturated rings. The second-order valence-corrected chi connectivity index (χ2v) is 7.42. The van der Waals surface area contributed by atoms with E-state index in [2.05, 4.69) is 22.9 Å². The fourth-order valence-corrected chi connectivity index (χ4v) is 3.89. The van der Waals surface area contributed by atoms with E-state index in [1.807, 2.05) is 30.0 Å². The Balaban J connectivity index is 1.56. The van der Waals surface area contributed by atoms with Gasteiger partial charge in [0.1, 0.15) is 5.75 Å². The number of carbonyl (C=O) groups excluding carboxylic acids is 1. The van der Waals surface area contributed by atoms with E-state index < -0.39 is 0 Å². The minimum atomic E-state index is 0.171. The molecule has 0 spiro atoms. The zero-order valence-corrected chi connectivity index (χ0v) is 16.2. The summed E-state index contributed by atoms with van der Waals surface area (Å²) in [5.74, 6) is 1.03. The molecule has 3 rings (SSSR count). The Hall–Kier alpha value is -1.85. The number of hydrogen-bond acceptors (Lipinski definition) is 4. The zero-order chi connectivity index (χ0) is 18.2. The first-order valence-corrected chi connectivity index (χ1v) is 10.3. The van der Waals surface area contributed by atoms with E-state index in [1.165, 1.54) is 5.56 Å². The van der Waals surface area contributed by atoms with Crippen LogP contribution < -0.4 is 4.74 Å². The van der Waals surface area contributed by atoms with Crippen molar-refractivity contribution in [3.8, 4) is 5.75 Å². The third-order valence-electron chi connectivity index (χ3n) is 4.61. The second kappa shape index (κ2) is 9.74. The van der Waals surface area contributed by atoms with Crippen LogP contribution >= 0.6 is 11.3 Å². The van der Waals surface area contributed by atoms with Gasteiger partial charge in [-0.2, -0.15) is 11.3 Å². The van der Waals surface area contributed by atoms with Crippen LogP contribution in [0.3, 0.4) is 0 Å². The molecule has 26 heavy (non-hydrogen) atoms. The maximum absolute atomic E-state index is 12.3. The highest BCUT2D eigenvalue weighted by molar-refractivity contribution is 7.07. The van der Waals surface area contributed by atoms with Crippen molar-refractivity contribution in [1.82, 2.24) is 4.90 Å². The average Bonchev–Trinajstić information content (AvgIpc) is 3.35. The molecule has 4 nitrogen and oxygen atoms in total. The highest BCUT2D eigenvalue weighted by Gasteiger charge is 2.22. The third kappa shape index (κ3) is 5.58. The number of thiophene rings is 1. The van der Waals surface area contributed by atoms with Gasteiger partial charge in [0.2, 0.25) is 5.91 Å². The van der Waals surface area contributed by atoms with Crippen molar-refractivity contribution in [2.24, 2.45) is 0 Å². The van der Waals surface area contributed by atoms with E-state index in [1.54, 1.807) is 11.3 Å². The highest BCUT2D eigenvalue weighted by atomic mass is 32.1. The summed E-state index contributed by atoms with van der Waals surface area (Å²) in [6.07, 6.45) is 3.73. The highest BCUT2D eigenvalue weighted by Crippen LogP contribution is 2.19. The molecule has 0 radical (unpaired) electrons. The van der Waals surface area contributed by atoms with Crippen molar-refractivity contribution in [2.45, 2.75) is 45.3 Å². The van der Waals surface area contributed by atoms with E-state index in [0.717, 1.165) is 37.2 Å². The summed E-state index contributed by atoms with van der Waals surface area (Å²) in [4.78, 5) is 14.2. The molecular weight excluding hydrogens is 346 g/mol. The van der Waals surface area contributed by atoms with E-state index in [-0.39, 0.29) is 12.0 Å². The Bertz CT molecular complexity index is 680. The van der Waals surface area contributed by atoms with Gasteiger partial charge in [-0.05, 0) is 52.9 Å². The fourth-order valence-electron chi connectivity index (χ4n) is 3.19. The van der Waals surface area contributed by atoms with Gasteiger partial charge in [-0.25, -0.2) is 0 Å². The number of nitrogens with zero attached hydrogens (tertiary/aromatic N) is 1. The quantitative estimate of drug-likeness (QED) is 0.658. The summed E-state index contributed by atoms with van der Waals surface area (Å²) >= 11 is 1.71. The van der Waals surface area contributed by atoms with E-state index in [4.69, 9.17) is 9.47 Å². The first-order valence-electron chi connectivity index (χ1n) is 9.37. The van der Waals surface area contributed by atoms with Crippen molar-refractivity contribution in [3.05, 3.63) is 52.2 Å². The van der Waals surface area contributed by atoms with Gasteiger partial charge in [0.25, 0.3) is 0 Å². The lowest BCUT2D eigenvalue weighted by Gasteiger charge is -2.25. The number of carbonyl (C=O) groups is 1. The summed E-state index contributed by atoms with van der Waals surface area (Å²) in [5, 5.41) is 4.24. The molecule has 1 aromatic heterocycles. The average molecular weight is 374 g/mol. The van der Waals surface area contributed by atoms with Crippen LogP contribution in [0.15, 0.2) is 41.1 Å². The van der Waals surface area contributed by atoms with Gasteiger partial charge in [-0.1, -0.05) is 19.1 Å². The van der Waals surface area contributed by atoms with Gasteiger partial charge >= 0.3 is 0 Å². The SMILES string of the molecule is CCC(=O)N(Cc1cccc(OCCc2ccsc2)c1)CC1CCCO1. The van der Waals surface area contributed by atoms with Gasteiger partial charge in [0.05, 0.1) is 12.7 Å². The Morgan fingerprint density at radius 3 is 3.00 bits per heavy atom. The number of ether oxygens (including phenoxy) is 2. The summed E-state index contributed by atoms with van der Waals surface area (Å²) in [5.41, 5.74) is 2.40. The number of rotatable bonds is 9. The first kappa shape index (κ1) is 18.9. The Morgan fingerprint density at radius 2 is 2.27 bits per heavy atom.